The summed E-state index contributed by atoms with van der Waals surface area (Å²) in [7, 11) is 0. The molecule has 0 spiro atoms. The van der Waals surface area contributed by atoms with Crippen molar-refractivity contribution in [2.45, 2.75) is 142 Å². The van der Waals surface area contributed by atoms with Gasteiger partial charge in [0.1, 0.15) is 17.7 Å². The van der Waals surface area contributed by atoms with Crippen LogP contribution < -0.4 is 16.4 Å². The Kier molecular flexibility index (Phi) is 14.3. The number of primary amides is 1. The van der Waals surface area contributed by atoms with Crippen LogP contribution in [0.4, 0.5) is 4.79 Å². The first-order valence-electron chi connectivity index (χ1n) is 15.8. The Balaban J connectivity index is 2.51. The summed E-state index contributed by atoms with van der Waals surface area (Å²) in [6.07, 6.45) is 9.09. The van der Waals surface area contributed by atoms with Crippen LogP contribution in [0.15, 0.2) is 18.2 Å². The molecule has 1 aliphatic carbocycles. The third-order valence-corrected chi connectivity index (χ3v) is 7.53. The minimum atomic E-state index is -1.08. The van der Waals surface area contributed by atoms with Gasteiger partial charge in [-0.3, -0.25) is 14.4 Å². The second-order valence-corrected chi connectivity index (χ2v) is 12.8. The van der Waals surface area contributed by atoms with Crippen molar-refractivity contribution in [2.24, 2.45) is 5.73 Å². The first kappa shape index (κ1) is 35.1. The number of nitrogens with two attached hydrogens (primary N) is 1. The minimum Gasteiger partial charge on any atom is -0.444 e. The van der Waals surface area contributed by atoms with Crippen molar-refractivity contribution < 1.29 is 23.9 Å². The van der Waals surface area contributed by atoms with Gasteiger partial charge in [0.2, 0.25) is 17.7 Å². The number of amides is 4. The molecule has 4 N–H and O–H groups in total. The number of hydrogen-bond donors (Lipinski definition) is 3. The molecular formula is C33H54N4O5. The van der Waals surface area contributed by atoms with Crippen LogP contribution in [0, 0.1) is 13.8 Å². The normalized spacial score (nSPS) is 15.4. The number of benzene rings is 1. The first-order valence-corrected chi connectivity index (χ1v) is 15.8. The highest BCUT2D eigenvalue weighted by Crippen LogP contribution is 2.28. The summed E-state index contributed by atoms with van der Waals surface area (Å²) in [6, 6.07) is 4.03. The van der Waals surface area contributed by atoms with Crippen LogP contribution in [0.25, 0.3) is 0 Å². The molecule has 0 bridgehead atoms. The van der Waals surface area contributed by atoms with E-state index < -0.39 is 35.6 Å². The number of rotatable bonds is 15. The molecular weight excluding hydrogens is 532 g/mol. The molecule has 0 radical (unpaired) electrons. The van der Waals surface area contributed by atoms with Gasteiger partial charge in [-0.1, -0.05) is 81.2 Å². The van der Waals surface area contributed by atoms with E-state index in [1.807, 2.05) is 32.0 Å². The SMILES string of the molecule is CCCCCCCN(C(=O)C(CCC(N)=O)NC(=O)OC(C)(C)C)C(C(=O)NC1CCCCC1)c1cc(C)cc(C)c1. The lowest BCUT2D eigenvalue weighted by atomic mass is 9.93. The summed E-state index contributed by atoms with van der Waals surface area (Å²) >= 11 is 0. The molecule has 0 heterocycles. The lowest BCUT2D eigenvalue weighted by Crippen LogP contribution is -2.54. The van der Waals surface area contributed by atoms with E-state index >= 15 is 0 Å². The van der Waals surface area contributed by atoms with Crippen LogP contribution in [-0.2, 0) is 19.1 Å². The van der Waals surface area contributed by atoms with Crippen molar-refractivity contribution in [3.8, 4) is 0 Å². The van der Waals surface area contributed by atoms with Crippen molar-refractivity contribution in [3.05, 3.63) is 34.9 Å². The zero-order valence-corrected chi connectivity index (χ0v) is 26.7. The molecule has 2 rings (SSSR count). The van der Waals surface area contributed by atoms with E-state index in [-0.39, 0.29) is 24.8 Å². The van der Waals surface area contributed by atoms with Gasteiger partial charge in [-0.15, -0.1) is 0 Å². The Morgan fingerprint density at radius 1 is 0.976 bits per heavy atom. The number of carbonyl (C=O) groups is 4. The summed E-state index contributed by atoms with van der Waals surface area (Å²) in [4.78, 5) is 54.6. The van der Waals surface area contributed by atoms with Crippen molar-refractivity contribution in [1.29, 1.82) is 0 Å². The standard InChI is InChI=1S/C33H54N4O5/c1-7-8-9-10-14-19-37(31(40)27(17-18-28(34)38)36-32(41)42-33(4,5)6)29(25-21-23(2)20-24(3)22-25)30(39)35-26-15-12-11-13-16-26/h20-22,26-27,29H,7-19H2,1-6H3,(H2,34,38)(H,35,39)(H,36,41). The Hall–Kier alpha value is -3.10. The molecule has 4 amide bonds. The average Bonchev–Trinajstić information content (AvgIpc) is 2.88. The fourth-order valence-corrected chi connectivity index (χ4v) is 5.61. The van der Waals surface area contributed by atoms with Gasteiger partial charge in [0.25, 0.3) is 0 Å². The number of nitrogens with zero attached hydrogens (tertiary/aromatic N) is 1. The lowest BCUT2D eigenvalue weighted by Gasteiger charge is -2.36. The van der Waals surface area contributed by atoms with E-state index in [4.69, 9.17) is 10.5 Å². The molecule has 0 aromatic heterocycles. The number of nitrogens with one attached hydrogen (secondary N) is 2. The number of unbranched alkanes of at least 4 members (excludes halogenated alkanes) is 4. The van der Waals surface area contributed by atoms with Crippen molar-refractivity contribution in [3.63, 3.8) is 0 Å². The molecule has 0 saturated heterocycles. The number of aryl methyl sites for hydroxylation is 2. The fourth-order valence-electron chi connectivity index (χ4n) is 5.61. The largest absolute Gasteiger partial charge is 0.444 e. The second kappa shape index (κ2) is 17.1. The lowest BCUT2D eigenvalue weighted by molar-refractivity contribution is -0.143. The molecule has 9 nitrogen and oxygen atoms in total. The van der Waals surface area contributed by atoms with Crippen molar-refractivity contribution in [2.75, 3.05) is 6.54 Å². The number of carbonyl (C=O) groups excluding carboxylic acids is 4. The molecule has 236 valence electrons. The van der Waals surface area contributed by atoms with Crippen LogP contribution in [0.1, 0.15) is 127 Å². The fraction of sp³-hybridized carbons (Fsp3) is 0.697. The van der Waals surface area contributed by atoms with Gasteiger partial charge in [-0.2, -0.15) is 0 Å². The highest BCUT2D eigenvalue weighted by molar-refractivity contribution is 5.92. The van der Waals surface area contributed by atoms with Crippen molar-refractivity contribution in [1.82, 2.24) is 15.5 Å². The van der Waals surface area contributed by atoms with E-state index in [0.29, 0.717) is 13.0 Å². The van der Waals surface area contributed by atoms with Crippen molar-refractivity contribution >= 4 is 23.8 Å². The highest BCUT2D eigenvalue weighted by Gasteiger charge is 2.37. The Labute approximate surface area is 252 Å². The minimum absolute atomic E-state index is 0.00353. The summed E-state index contributed by atoms with van der Waals surface area (Å²) in [5.74, 6) is -1.23. The Morgan fingerprint density at radius 2 is 1.60 bits per heavy atom. The smallest absolute Gasteiger partial charge is 0.408 e. The van der Waals surface area contributed by atoms with Crippen LogP contribution >= 0.6 is 0 Å². The zero-order valence-electron chi connectivity index (χ0n) is 26.7. The molecule has 1 aromatic rings. The van der Waals surface area contributed by atoms with Gasteiger partial charge in [-0.05, 0) is 65.9 Å². The molecule has 1 fully saturated rings. The maximum atomic E-state index is 14.4. The number of ether oxygens (including phenoxy) is 1. The van der Waals surface area contributed by atoms with Gasteiger partial charge >= 0.3 is 6.09 Å². The van der Waals surface area contributed by atoms with E-state index in [2.05, 4.69) is 17.6 Å². The Bertz CT molecular complexity index is 1030. The van der Waals surface area contributed by atoms with Crippen LogP contribution in [0.5, 0.6) is 0 Å². The number of hydrogen-bond acceptors (Lipinski definition) is 5. The molecule has 1 aromatic carbocycles. The van der Waals surface area contributed by atoms with Gasteiger partial charge in [0.05, 0.1) is 0 Å². The number of alkyl carbamates (subject to hydrolysis) is 1. The maximum Gasteiger partial charge on any atom is 0.408 e. The van der Waals surface area contributed by atoms with E-state index in [9.17, 15) is 19.2 Å². The van der Waals surface area contributed by atoms with E-state index in [1.165, 1.54) is 0 Å². The van der Waals surface area contributed by atoms with E-state index in [1.54, 1.807) is 25.7 Å². The second-order valence-electron chi connectivity index (χ2n) is 12.8. The van der Waals surface area contributed by atoms with Gasteiger partial charge in [-0.25, -0.2) is 4.79 Å². The monoisotopic (exact) mass is 586 g/mol. The van der Waals surface area contributed by atoms with Crippen LogP contribution in [0.3, 0.4) is 0 Å². The third kappa shape index (κ3) is 12.4. The average molecular weight is 587 g/mol. The molecule has 1 saturated carbocycles. The quantitative estimate of drug-likeness (QED) is 0.225. The predicted molar refractivity (Wildman–Crippen MR) is 166 cm³/mol. The molecule has 0 aliphatic heterocycles. The van der Waals surface area contributed by atoms with Gasteiger partial charge in [0, 0.05) is 19.0 Å². The van der Waals surface area contributed by atoms with Gasteiger partial charge < -0.3 is 26.0 Å². The summed E-state index contributed by atoms with van der Waals surface area (Å²) < 4.78 is 5.44. The zero-order chi connectivity index (χ0) is 31.3. The maximum absolute atomic E-state index is 14.4. The topological polar surface area (TPSA) is 131 Å². The highest BCUT2D eigenvalue weighted by atomic mass is 16.6. The molecule has 1 aliphatic rings. The third-order valence-electron chi connectivity index (χ3n) is 7.53. The van der Waals surface area contributed by atoms with Crippen LogP contribution in [-0.4, -0.2) is 52.9 Å². The van der Waals surface area contributed by atoms with Gasteiger partial charge in [0.15, 0.2) is 0 Å². The summed E-state index contributed by atoms with van der Waals surface area (Å²) in [6.45, 7) is 11.6. The van der Waals surface area contributed by atoms with Crippen LogP contribution in [0.2, 0.25) is 0 Å². The molecule has 2 unspecified atom stereocenters. The molecule has 2 atom stereocenters. The predicted octanol–water partition coefficient (Wildman–Crippen LogP) is 5.75. The van der Waals surface area contributed by atoms with E-state index in [0.717, 1.165) is 74.5 Å². The summed E-state index contributed by atoms with van der Waals surface area (Å²) in [5, 5.41) is 5.92. The molecule has 9 heteroatoms. The summed E-state index contributed by atoms with van der Waals surface area (Å²) in [5.41, 5.74) is 7.38. The Morgan fingerprint density at radius 3 is 2.17 bits per heavy atom. The molecule has 42 heavy (non-hydrogen) atoms. The first-order chi connectivity index (χ1) is 19.8.